The second-order valence-electron chi connectivity index (χ2n) is 5.15. The van der Waals surface area contributed by atoms with Crippen molar-refractivity contribution >= 4 is 11.6 Å². The normalized spacial score (nSPS) is 12.2. The van der Waals surface area contributed by atoms with Crippen molar-refractivity contribution < 1.29 is 9.72 Å². The first kappa shape index (κ1) is 15.7. The maximum Gasteiger partial charge on any atom is 0.309 e. The van der Waals surface area contributed by atoms with Gasteiger partial charge in [-0.25, -0.2) is 0 Å². The van der Waals surface area contributed by atoms with E-state index in [9.17, 15) is 14.9 Å². The number of carbonyl (C=O) groups excluding carboxylic acids is 1. The minimum absolute atomic E-state index is 0.0711. The molecule has 0 saturated heterocycles. The summed E-state index contributed by atoms with van der Waals surface area (Å²) in [5.74, 6) is -0.270. The molecule has 1 atom stereocenters. The summed E-state index contributed by atoms with van der Waals surface area (Å²) in [5.41, 5.74) is 2.09. The van der Waals surface area contributed by atoms with Crippen LogP contribution in [0.2, 0.25) is 0 Å². The molecular formula is C13H18N6O3. The SMILES string of the molecule is Cc1nn(CC(=O)NC(C)c2cnn(C)c2C)cc1[N+](=O)[O-]. The van der Waals surface area contributed by atoms with Crippen LogP contribution < -0.4 is 5.32 Å². The number of aromatic nitrogens is 4. The van der Waals surface area contributed by atoms with E-state index in [0.717, 1.165) is 11.3 Å². The van der Waals surface area contributed by atoms with E-state index >= 15 is 0 Å². The summed E-state index contributed by atoms with van der Waals surface area (Å²) in [6.45, 7) is 5.25. The van der Waals surface area contributed by atoms with Crippen LogP contribution in [-0.4, -0.2) is 30.4 Å². The van der Waals surface area contributed by atoms with E-state index in [1.807, 2.05) is 20.9 Å². The van der Waals surface area contributed by atoms with E-state index < -0.39 is 4.92 Å². The minimum atomic E-state index is -0.516. The Kier molecular flexibility index (Phi) is 4.25. The number of amides is 1. The molecule has 0 aliphatic rings. The van der Waals surface area contributed by atoms with E-state index in [-0.39, 0.29) is 29.9 Å². The third kappa shape index (κ3) is 3.13. The van der Waals surface area contributed by atoms with E-state index in [4.69, 9.17) is 0 Å². The maximum atomic E-state index is 12.0. The lowest BCUT2D eigenvalue weighted by Gasteiger charge is -2.13. The van der Waals surface area contributed by atoms with Gasteiger partial charge in [-0.05, 0) is 20.8 Å². The Hall–Kier alpha value is -2.71. The second-order valence-corrected chi connectivity index (χ2v) is 5.15. The van der Waals surface area contributed by atoms with E-state index in [2.05, 4.69) is 15.5 Å². The molecular weight excluding hydrogens is 288 g/mol. The molecule has 9 heteroatoms. The number of nitrogens with one attached hydrogen (secondary N) is 1. The number of hydrogen-bond donors (Lipinski definition) is 1. The Morgan fingerprint density at radius 2 is 2.18 bits per heavy atom. The number of rotatable bonds is 5. The van der Waals surface area contributed by atoms with Crippen molar-refractivity contribution in [2.75, 3.05) is 0 Å². The van der Waals surface area contributed by atoms with Gasteiger partial charge in [0.15, 0.2) is 0 Å². The predicted octanol–water partition coefficient (Wildman–Crippen LogP) is 1.02. The lowest BCUT2D eigenvalue weighted by molar-refractivity contribution is -0.385. The molecule has 1 N–H and O–H groups in total. The van der Waals surface area contributed by atoms with Crippen LogP contribution in [0.4, 0.5) is 5.69 Å². The summed E-state index contributed by atoms with van der Waals surface area (Å²) < 4.78 is 3.00. The summed E-state index contributed by atoms with van der Waals surface area (Å²) in [7, 11) is 1.83. The fourth-order valence-corrected chi connectivity index (χ4v) is 2.22. The average Bonchev–Trinajstić information content (AvgIpc) is 2.93. The molecule has 0 saturated carbocycles. The van der Waals surface area contributed by atoms with Crippen molar-refractivity contribution in [3.8, 4) is 0 Å². The molecule has 0 aliphatic carbocycles. The van der Waals surface area contributed by atoms with E-state index in [1.54, 1.807) is 10.9 Å². The molecule has 0 spiro atoms. The van der Waals surface area contributed by atoms with Crippen molar-refractivity contribution in [1.29, 1.82) is 0 Å². The Balaban J connectivity index is 2.02. The van der Waals surface area contributed by atoms with Crippen LogP contribution in [0.3, 0.4) is 0 Å². The number of nitrogens with zero attached hydrogens (tertiary/aromatic N) is 5. The molecule has 2 aromatic rings. The summed E-state index contributed by atoms with van der Waals surface area (Å²) >= 11 is 0. The summed E-state index contributed by atoms with van der Waals surface area (Å²) in [5, 5.41) is 21.7. The van der Waals surface area contributed by atoms with Crippen LogP contribution in [0.1, 0.15) is 29.9 Å². The quantitative estimate of drug-likeness (QED) is 0.655. The maximum absolute atomic E-state index is 12.0. The van der Waals surface area contributed by atoms with Crippen molar-refractivity contribution in [1.82, 2.24) is 24.9 Å². The van der Waals surface area contributed by atoms with Crippen molar-refractivity contribution in [2.45, 2.75) is 33.4 Å². The molecule has 0 radical (unpaired) electrons. The summed E-state index contributed by atoms with van der Waals surface area (Å²) in [6, 6.07) is -0.201. The number of hydrogen-bond acceptors (Lipinski definition) is 5. The molecule has 2 heterocycles. The van der Waals surface area contributed by atoms with Crippen LogP contribution in [0.5, 0.6) is 0 Å². The predicted molar refractivity (Wildman–Crippen MR) is 78.1 cm³/mol. The molecule has 0 aromatic carbocycles. The van der Waals surface area contributed by atoms with Crippen molar-refractivity contribution in [3.63, 3.8) is 0 Å². The van der Waals surface area contributed by atoms with Gasteiger partial charge in [0.1, 0.15) is 18.4 Å². The Bertz CT molecular complexity index is 717. The Morgan fingerprint density at radius 3 is 2.68 bits per heavy atom. The molecule has 22 heavy (non-hydrogen) atoms. The van der Waals surface area contributed by atoms with E-state index in [0.29, 0.717) is 0 Å². The first-order valence-corrected chi connectivity index (χ1v) is 6.76. The molecule has 118 valence electrons. The molecule has 0 aliphatic heterocycles. The highest BCUT2D eigenvalue weighted by Gasteiger charge is 2.18. The number of aryl methyl sites for hydroxylation is 2. The fraction of sp³-hybridized carbons (Fsp3) is 0.462. The Labute approximate surface area is 127 Å². The summed E-state index contributed by atoms with van der Waals surface area (Å²) in [4.78, 5) is 22.3. The lowest BCUT2D eigenvalue weighted by Crippen LogP contribution is -2.30. The van der Waals surface area contributed by atoms with Gasteiger partial charge in [0.05, 0.1) is 17.2 Å². The fourth-order valence-electron chi connectivity index (χ4n) is 2.22. The van der Waals surface area contributed by atoms with Crippen LogP contribution >= 0.6 is 0 Å². The highest BCUT2D eigenvalue weighted by atomic mass is 16.6. The molecule has 1 unspecified atom stereocenters. The lowest BCUT2D eigenvalue weighted by atomic mass is 10.1. The highest BCUT2D eigenvalue weighted by Crippen LogP contribution is 2.17. The standard InChI is InChI=1S/C13H18N6O3/c1-8(11-5-14-17(4)10(11)3)15-13(20)7-18-6-12(19(21)22)9(2)16-18/h5-6,8H,7H2,1-4H3,(H,15,20). The summed E-state index contributed by atoms with van der Waals surface area (Å²) in [6.07, 6.45) is 2.97. The van der Waals surface area contributed by atoms with Crippen LogP contribution in [0, 0.1) is 24.0 Å². The first-order valence-electron chi connectivity index (χ1n) is 6.76. The molecule has 1 amide bonds. The van der Waals surface area contributed by atoms with Gasteiger partial charge in [0, 0.05) is 18.3 Å². The van der Waals surface area contributed by atoms with Crippen LogP contribution in [0.15, 0.2) is 12.4 Å². The topological polar surface area (TPSA) is 108 Å². The van der Waals surface area contributed by atoms with Crippen LogP contribution in [-0.2, 0) is 18.4 Å². The van der Waals surface area contributed by atoms with Gasteiger partial charge in [-0.2, -0.15) is 10.2 Å². The highest BCUT2D eigenvalue weighted by molar-refractivity contribution is 5.76. The molecule has 2 aromatic heterocycles. The zero-order chi connectivity index (χ0) is 16.4. The monoisotopic (exact) mass is 306 g/mol. The van der Waals surface area contributed by atoms with Gasteiger partial charge in [-0.3, -0.25) is 24.3 Å². The van der Waals surface area contributed by atoms with Gasteiger partial charge in [-0.1, -0.05) is 0 Å². The van der Waals surface area contributed by atoms with E-state index in [1.165, 1.54) is 17.8 Å². The van der Waals surface area contributed by atoms with Crippen molar-refractivity contribution in [3.05, 3.63) is 39.5 Å². The van der Waals surface area contributed by atoms with Gasteiger partial charge >= 0.3 is 5.69 Å². The molecule has 2 rings (SSSR count). The average molecular weight is 306 g/mol. The molecule has 9 nitrogen and oxygen atoms in total. The minimum Gasteiger partial charge on any atom is -0.348 e. The van der Waals surface area contributed by atoms with Gasteiger partial charge in [-0.15, -0.1) is 0 Å². The molecule has 0 fully saturated rings. The van der Waals surface area contributed by atoms with Gasteiger partial charge in [0.25, 0.3) is 0 Å². The second kappa shape index (κ2) is 5.96. The third-order valence-electron chi connectivity index (χ3n) is 3.54. The van der Waals surface area contributed by atoms with Gasteiger partial charge in [0.2, 0.25) is 5.91 Å². The Morgan fingerprint density at radius 1 is 1.50 bits per heavy atom. The third-order valence-corrected chi connectivity index (χ3v) is 3.54. The van der Waals surface area contributed by atoms with Crippen molar-refractivity contribution in [2.24, 2.45) is 7.05 Å². The number of carbonyl (C=O) groups is 1. The smallest absolute Gasteiger partial charge is 0.309 e. The van der Waals surface area contributed by atoms with Gasteiger partial charge < -0.3 is 5.32 Å². The largest absolute Gasteiger partial charge is 0.348 e. The number of nitro groups is 1. The van der Waals surface area contributed by atoms with Crippen LogP contribution in [0.25, 0.3) is 0 Å². The zero-order valence-corrected chi connectivity index (χ0v) is 12.9. The zero-order valence-electron chi connectivity index (χ0n) is 12.9. The molecule has 0 bridgehead atoms. The first-order chi connectivity index (χ1) is 10.3.